The van der Waals surface area contributed by atoms with Crippen LogP contribution >= 0.6 is 11.6 Å². The number of rotatable bonds is 5. The van der Waals surface area contributed by atoms with Gasteiger partial charge in [-0.2, -0.15) is 0 Å². The van der Waals surface area contributed by atoms with Crippen molar-refractivity contribution < 1.29 is 18.6 Å². The third kappa shape index (κ3) is 2.58. The average molecular weight is 353 g/mol. The van der Waals surface area contributed by atoms with Crippen LogP contribution in [0.4, 0.5) is 0 Å². The first-order valence-corrected chi connectivity index (χ1v) is 9.16. The minimum Gasteiger partial charge on any atom is -0.396 e. The first-order chi connectivity index (χ1) is 11.0. The first kappa shape index (κ1) is 16.5. The fourth-order valence-corrected chi connectivity index (χ4v) is 5.86. The molecular formula is C17H17ClO4S. The summed E-state index contributed by atoms with van der Waals surface area (Å²) in [7, 11) is -3.69. The highest BCUT2D eigenvalue weighted by Gasteiger charge is 2.70. The lowest BCUT2D eigenvalue weighted by Gasteiger charge is -2.11. The van der Waals surface area contributed by atoms with Crippen molar-refractivity contribution >= 4 is 21.4 Å². The van der Waals surface area contributed by atoms with Gasteiger partial charge in [-0.3, -0.25) is 0 Å². The van der Waals surface area contributed by atoms with Crippen LogP contribution in [0, 0.1) is 5.41 Å². The summed E-state index contributed by atoms with van der Waals surface area (Å²) in [4.78, 5) is 0.150. The van der Waals surface area contributed by atoms with E-state index in [1.54, 1.807) is 0 Å². The average Bonchev–Trinajstić information content (AvgIpc) is 3.27. The summed E-state index contributed by atoms with van der Waals surface area (Å²) in [5, 5.41) is 19.1. The summed E-state index contributed by atoms with van der Waals surface area (Å²) in [5.74, 6) is -0.431. The van der Waals surface area contributed by atoms with Crippen LogP contribution in [0.2, 0.25) is 5.02 Å². The molecule has 23 heavy (non-hydrogen) atoms. The normalized spacial score (nSPS) is 22.7. The summed E-state index contributed by atoms with van der Waals surface area (Å²) in [5.41, 5.74) is -0.252. The van der Waals surface area contributed by atoms with Crippen LogP contribution in [0.15, 0.2) is 59.5 Å². The molecule has 0 spiro atoms. The van der Waals surface area contributed by atoms with Gasteiger partial charge < -0.3 is 10.2 Å². The summed E-state index contributed by atoms with van der Waals surface area (Å²) in [6.07, 6.45) is 0. The highest BCUT2D eigenvalue weighted by Crippen LogP contribution is 2.63. The minimum atomic E-state index is -3.69. The zero-order valence-corrected chi connectivity index (χ0v) is 13.8. The molecule has 1 aliphatic carbocycles. The minimum absolute atomic E-state index is 0.150. The molecule has 2 atom stereocenters. The Morgan fingerprint density at radius 2 is 1.52 bits per heavy atom. The molecule has 0 aromatic heterocycles. The second kappa shape index (κ2) is 5.91. The van der Waals surface area contributed by atoms with Crippen LogP contribution in [0.1, 0.15) is 11.5 Å². The smallest absolute Gasteiger partial charge is 0.182 e. The lowest BCUT2D eigenvalue weighted by atomic mass is 10.0. The maximum atomic E-state index is 13.0. The molecule has 3 rings (SSSR count). The van der Waals surface area contributed by atoms with Gasteiger partial charge in [0, 0.05) is 16.4 Å². The van der Waals surface area contributed by atoms with Crippen molar-refractivity contribution in [2.75, 3.05) is 13.2 Å². The van der Waals surface area contributed by atoms with Crippen LogP contribution in [-0.4, -0.2) is 37.1 Å². The Morgan fingerprint density at radius 3 is 2.04 bits per heavy atom. The summed E-state index contributed by atoms with van der Waals surface area (Å²) < 4.78 is 25.9. The van der Waals surface area contributed by atoms with Crippen LogP contribution < -0.4 is 0 Å². The van der Waals surface area contributed by atoms with Crippen LogP contribution in [0.5, 0.6) is 0 Å². The molecule has 0 amide bonds. The van der Waals surface area contributed by atoms with Crippen molar-refractivity contribution in [3.8, 4) is 0 Å². The molecule has 2 aromatic rings. The fraction of sp³-hybridized carbons (Fsp3) is 0.294. The van der Waals surface area contributed by atoms with Gasteiger partial charge in [-0.05, 0) is 29.8 Å². The Kier molecular flexibility index (Phi) is 4.23. The predicted molar refractivity (Wildman–Crippen MR) is 88.2 cm³/mol. The maximum Gasteiger partial charge on any atom is 0.182 e. The highest BCUT2D eigenvalue weighted by molar-refractivity contribution is 7.92. The van der Waals surface area contributed by atoms with E-state index in [1.807, 2.05) is 30.3 Å². The van der Waals surface area contributed by atoms with E-state index in [9.17, 15) is 18.6 Å². The van der Waals surface area contributed by atoms with E-state index in [4.69, 9.17) is 11.6 Å². The number of hydrogen-bond donors (Lipinski definition) is 2. The molecule has 1 aliphatic rings. The van der Waals surface area contributed by atoms with Crippen molar-refractivity contribution in [2.45, 2.75) is 16.1 Å². The zero-order valence-electron chi connectivity index (χ0n) is 12.3. The Balaban J connectivity index is 2.05. The lowest BCUT2D eigenvalue weighted by Crippen LogP contribution is -2.23. The molecule has 2 unspecified atom stereocenters. The van der Waals surface area contributed by atoms with Crippen molar-refractivity contribution in [1.82, 2.24) is 0 Å². The lowest BCUT2D eigenvalue weighted by molar-refractivity contribution is 0.130. The van der Waals surface area contributed by atoms with Crippen molar-refractivity contribution in [2.24, 2.45) is 5.41 Å². The molecule has 2 aromatic carbocycles. The Morgan fingerprint density at radius 1 is 0.957 bits per heavy atom. The number of benzene rings is 2. The van der Waals surface area contributed by atoms with E-state index in [2.05, 4.69) is 0 Å². The third-order valence-electron chi connectivity index (χ3n) is 4.60. The van der Waals surface area contributed by atoms with Gasteiger partial charge in [0.15, 0.2) is 9.84 Å². The monoisotopic (exact) mass is 352 g/mol. The fourth-order valence-electron chi connectivity index (χ4n) is 3.31. The topological polar surface area (TPSA) is 74.6 Å². The van der Waals surface area contributed by atoms with Gasteiger partial charge >= 0.3 is 0 Å². The van der Waals surface area contributed by atoms with Gasteiger partial charge in [-0.1, -0.05) is 41.9 Å². The molecule has 0 bridgehead atoms. The van der Waals surface area contributed by atoms with Crippen LogP contribution in [0.25, 0.3) is 0 Å². The van der Waals surface area contributed by atoms with Crippen molar-refractivity contribution in [3.05, 3.63) is 65.2 Å². The molecule has 2 N–H and O–H groups in total. The van der Waals surface area contributed by atoms with Gasteiger partial charge in [0.05, 0.1) is 23.4 Å². The van der Waals surface area contributed by atoms with Gasteiger partial charge in [-0.15, -0.1) is 0 Å². The number of halogens is 1. The van der Waals surface area contributed by atoms with Crippen LogP contribution in [-0.2, 0) is 9.84 Å². The Labute approximate surface area is 140 Å². The molecule has 1 fully saturated rings. The van der Waals surface area contributed by atoms with Crippen molar-refractivity contribution in [3.63, 3.8) is 0 Å². The second-order valence-electron chi connectivity index (χ2n) is 5.86. The van der Waals surface area contributed by atoms with Gasteiger partial charge in [0.1, 0.15) is 0 Å². The van der Waals surface area contributed by atoms with E-state index in [0.29, 0.717) is 5.02 Å². The molecule has 122 valence electrons. The first-order valence-electron chi connectivity index (χ1n) is 7.23. The highest BCUT2D eigenvalue weighted by atomic mass is 35.5. The van der Waals surface area contributed by atoms with Crippen LogP contribution in [0.3, 0.4) is 0 Å². The van der Waals surface area contributed by atoms with Gasteiger partial charge in [0.2, 0.25) is 0 Å². The van der Waals surface area contributed by atoms with Crippen molar-refractivity contribution in [1.29, 1.82) is 0 Å². The van der Waals surface area contributed by atoms with E-state index in [1.165, 1.54) is 24.3 Å². The summed E-state index contributed by atoms with van der Waals surface area (Å²) >= 11 is 5.82. The SMILES string of the molecule is O=S(=O)(c1ccc(Cl)cc1)C1C(c2ccccc2)C1(CO)CO. The molecule has 0 heterocycles. The van der Waals surface area contributed by atoms with Gasteiger partial charge in [0.25, 0.3) is 0 Å². The number of aliphatic hydroxyl groups excluding tert-OH is 2. The molecule has 0 aliphatic heterocycles. The van der Waals surface area contributed by atoms with E-state index in [0.717, 1.165) is 5.56 Å². The zero-order chi connectivity index (χ0) is 16.7. The number of aliphatic hydroxyl groups is 2. The third-order valence-corrected chi connectivity index (χ3v) is 7.19. The molecule has 0 saturated heterocycles. The quantitative estimate of drug-likeness (QED) is 0.865. The second-order valence-corrected chi connectivity index (χ2v) is 8.36. The molecule has 4 nitrogen and oxygen atoms in total. The van der Waals surface area contributed by atoms with E-state index in [-0.39, 0.29) is 18.1 Å². The molecule has 0 radical (unpaired) electrons. The maximum absolute atomic E-state index is 13.0. The molecule has 1 saturated carbocycles. The molecule has 6 heteroatoms. The largest absolute Gasteiger partial charge is 0.396 e. The predicted octanol–water partition coefficient (Wildman–Crippen LogP) is 2.25. The number of sulfone groups is 1. The van der Waals surface area contributed by atoms with Gasteiger partial charge in [-0.25, -0.2) is 8.42 Å². The van der Waals surface area contributed by atoms with E-state index >= 15 is 0 Å². The standard InChI is InChI=1S/C17H17ClO4S/c18-13-6-8-14(9-7-13)23(21,22)16-15(17(16,10-19)11-20)12-4-2-1-3-5-12/h1-9,15-16,19-20H,10-11H2. The summed E-state index contributed by atoms with van der Waals surface area (Å²) in [6, 6.07) is 15.1. The Bertz CT molecular complexity index is 783. The Hall–Kier alpha value is -1.40. The van der Waals surface area contributed by atoms with E-state index < -0.39 is 26.4 Å². The number of hydrogen-bond acceptors (Lipinski definition) is 4. The molecular weight excluding hydrogens is 336 g/mol. The summed E-state index contributed by atoms with van der Waals surface area (Å²) in [6.45, 7) is -0.777.